The van der Waals surface area contributed by atoms with Crippen LogP contribution in [0.1, 0.15) is 6.42 Å². The van der Waals surface area contributed by atoms with Crippen LogP contribution in [0.25, 0.3) is 0 Å². The third-order valence-corrected chi connectivity index (χ3v) is 1.53. The maximum atomic E-state index is 11.0. The van der Waals surface area contributed by atoms with Gasteiger partial charge in [-0.1, -0.05) is 0 Å². The van der Waals surface area contributed by atoms with E-state index >= 15 is 0 Å². The van der Waals surface area contributed by atoms with Crippen LogP contribution in [0.5, 0.6) is 0 Å². The van der Waals surface area contributed by atoms with Crippen LogP contribution in [0.4, 0.5) is 4.79 Å². The number of primary amides is 1. The summed E-state index contributed by atoms with van der Waals surface area (Å²) in [6.07, 6.45) is 0.321. The van der Waals surface area contributed by atoms with Crippen LogP contribution in [-0.2, 0) is 4.79 Å². The van der Waals surface area contributed by atoms with Gasteiger partial charge in [0.1, 0.15) is 0 Å². The minimum atomic E-state index is -0.324. The van der Waals surface area contributed by atoms with Crippen LogP contribution in [0.15, 0.2) is 0 Å². The Morgan fingerprint density at radius 1 is 1.21 bits per heavy atom. The molecule has 0 atom stereocenters. The molecule has 6 nitrogen and oxygen atoms in total. The van der Waals surface area contributed by atoms with Crippen molar-refractivity contribution in [2.24, 2.45) is 5.73 Å². The van der Waals surface area contributed by atoms with Crippen LogP contribution < -0.4 is 16.4 Å². The molecule has 0 unspecified atom stereocenters. The van der Waals surface area contributed by atoms with E-state index in [2.05, 4.69) is 10.6 Å². The molecule has 0 fully saturated rings. The van der Waals surface area contributed by atoms with Gasteiger partial charge in [-0.15, -0.1) is 0 Å². The molecule has 0 bridgehead atoms. The highest BCUT2D eigenvalue weighted by Gasteiger charge is 2.00. The maximum absolute atomic E-state index is 11.0. The molecular weight excluding hydrogens is 184 g/mol. The fourth-order valence-electron chi connectivity index (χ4n) is 0.753. The first-order chi connectivity index (χ1) is 6.54. The van der Waals surface area contributed by atoms with Crippen LogP contribution in [0.2, 0.25) is 0 Å². The van der Waals surface area contributed by atoms with Crippen LogP contribution in [0, 0.1) is 0 Å². The first-order valence-corrected chi connectivity index (χ1v) is 4.48. The summed E-state index contributed by atoms with van der Waals surface area (Å²) in [5.41, 5.74) is 4.94. The van der Waals surface area contributed by atoms with Crippen LogP contribution in [-0.4, -0.2) is 50.6 Å². The molecule has 0 aromatic heterocycles. The molecule has 6 heteroatoms. The number of carbonyl (C=O) groups excluding carboxylic acids is 2. The molecule has 0 aliphatic rings. The van der Waals surface area contributed by atoms with E-state index in [0.717, 1.165) is 0 Å². The highest BCUT2D eigenvalue weighted by Crippen LogP contribution is 1.75. The number of amides is 3. The van der Waals surface area contributed by atoms with Gasteiger partial charge in [0.25, 0.3) is 0 Å². The van der Waals surface area contributed by atoms with Crippen molar-refractivity contribution in [1.82, 2.24) is 15.5 Å². The Hall–Kier alpha value is -1.30. The lowest BCUT2D eigenvalue weighted by Crippen LogP contribution is -2.38. The van der Waals surface area contributed by atoms with E-state index in [4.69, 9.17) is 5.73 Å². The minimum Gasteiger partial charge on any atom is -0.370 e. The van der Waals surface area contributed by atoms with E-state index < -0.39 is 0 Å². The lowest BCUT2D eigenvalue weighted by atomic mass is 10.4. The molecule has 14 heavy (non-hydrogen) atoms. The smallest absolute Gasteiger partial charge is 0.316 e. The van der Waals surface area contributed by atoms with Crippen LogP contribution >= 0.6 is 0 Å². The van der Waals surface area contributed by atoms with Crippen molar-refractivity contribution in [3.05, 3.63) is 0 Å². The summed E-state index contributed by atoms with van der Waals surface area (Å²) in [6.45, 7) is 1.72. The summed E-state index contributed by atoms with van der Waals surface area (Å²) >= 11 is 0. The van der Waals surface area contributed by atoms with Gasteiger partial charge in [0, 0.05) is 40.2 Å². The van der Waals surface area contributed by atoms with Gasteiger partial charge in [0.15, 0.2) is 0 Å². The van der Waals surface area contributed by atoms with E-state index in [-0.39, 0.29) is 11.9 Å². The molecule has 3 amide bonds. The lowest BCUT2D eigenvalue weighted by Gasteiger charge is -2.11. The molecular formula is C8H18N4O2. The van der Waals surface area contributed by atoms with Crippen molar-refractivity contribution in [2.45, 2.75) is 6.42 Å². The zero-order valence-electron chi connectivity index (χ0n) is 8.67. The quantitative estimate of drug-likeness (QED) is 0.469. The van der Waals surface area contributed by atoms with Crippen molar-refractivity contribution >= 4 is 11.9 Å². The number of nitrogens with two attached hydrogens (primary N) is 1. The standard InChI is InChI=1S/C8H18N4O2/c1-12(2)8(14)11-6-5-10-4-3-7(9)13/h10H,3-6H2,1-2H3,(H2,9,13)(H,11,14). The second kappa shape index (κ2) is 7.14. The highest BCUT2D eigenvalue weighted by molar-refractivity contribution is 5.74. The number of rotatable bonds is 6. The zero-order valence-corrected chi connectivity index (χ0v) is 8.67. The first-order valence-electron chi connectivity index (χ1n) is 4.48. The molecule has 0 aliphatic heterocycles. The Morgan fingerprint density at radius 3 is 2.36 bits per heavy atom. The molecule has 0 saturated carbocycles. The largest absolute Gasteiger partial charge is 0.370 e. The van der Waals surface area contributed by atoms with Gasteiger partial charge in [-0.25, -0.2) is 4.79 Å². The van der Waals surface area contributed by atoms with Gasteiger partial charge < -0.3 is 21.3 Å². The molecule has 0 aliphatic carbocycles. The van der Waals surface area contributed by atoms with Gasteiger partial charge in [-0.05, 0) is 0 Å². The summed E-state index contributed by atoms with van der Waals surface area (Å²) in [4.78, 5) is 22.8. The van der Waals surface area contributed by atoms with Crippen LogP contribution in [0.3, 0.4) is 0 Å². The normalized spacial score (nSPS) is 9.57. The summed E-state index contributed by atoms with van der Waals surface area (Å²) in [5, 5.41) is 5.66. The number of nitrogens with one attached hydrogen (secondary N) is 2. The molecule has 0 saturated heterocycles. The Labute approximate surface area is 83.8 Å². The average Bonchev–Trinajstić information content (AvgIpc) is 2.09. The van der Waals surface area contributed by atoms with E-state index in [1.54, 1.807) is 14.1 Å². The van der Waals surface area contributed by atoms with E-state index in [0.29, 0.717) is 26.1 Å². The first kappa shape index (κ1) is 12.7. The van der Waals surface area contributed by atoms with Crippen molar-refractivity contribution in [3.8, 4) is 0 Å². The Bertz CT molecular complexity index is 194. The molecule has 0 rings (SSSR count). The van der Waals surface area contributed by atoms with Gasteiger partial charge in [0.2, 0.25) is 5.91 Å². The lowest BCUT2D eigenvalue weighted by molar-refractivity contribution is -0.117. The second-order valence-corrected chi connectivity index (χ2v) is 3.09. The topological polar surface area (TPSA) is 87.5 Å². The number of urea groups is 1. The monoisotopic (exact) mass is 202 g/mol. The van der Waals surface area contributed by atoms with Gasteiger partial charge in [-0.3, -0.25) is 4.79 Å². The van der Waals surface area contributed by atoms with Crippen molar-refractivity contribution in [1.29, 1.82) is 0 Å². The minimum absolute atomic E-state index is 0.123. The third kappa shape index (κ3) is 7.35. The van der Waals surface area contributed by atoms with Crippen molar-refractivity contribution in [3.63, 3.8) is 0 Å². The van der Waals surface area contributed by atoms with Crippen molar-refractivity contribution in [2.75, 3.05) is 33.7 Å². The Balaban J connectivity index is 3.22. The molecule has 0 heterocycles. The highest BCUT2D eigenvalue weighted by atomic mass is 16.2. The molecule has 0 spiro atoms. The average molecular weight is 202 g/mol. The molecule has 0 aromatic carbocycles. The molecule has 4 N–H and O–H groups in total. The fourth-order valence-corrected chi connectivity index (χ4v) is 0.753. The van der Waals surface area contributed by atoms with Crippen molar-refractivity contribution < 1.29 is 9.59 Å². The number of nitrogens with zero attached hydrogens (tertiary/aromatic N) is 1. The summed E-state index contributed by atoms with van der Waals surface area (Å²) in [6, 6.07) is -0.123. The summed E-state index contributed by atoms with van der Waals surface area (Å²) in [5.74, 6) is -0.324. The summed E-state index contributed by atoms with van der Waals surface area (Å²) < 4.78 is 0. The number of carbonyl (C=O) groups is 2. The third-order valence-electron chi connectivity index (χ3n) is 1.53. The molecule has 82 valence electrons. The fraction of sp³-hybridized carbons (Fsp3) is 0.750. The van der Waals surface area contributed by atoms with Gasteiger partial charge in [-0.2, -0.15) is 0 Å². The van der Waals surface area contributed by atoms with E-state index in [1.165, 1.54) is 4.90 Å². The SMILES string of the molecule is CN(C)C(=O)NCCNCCC(N)=O. The second-order valence-electron chi connectivity index (χ2n) is 3.09. The van der Waals surface area contributed by atoms with E-state index in [1.807, 2.05) is 0 Å². The molecule has 0 aromatic rings. The van der Waals surface area contributed by atoms with Gasteiger partial charge >= 0.3 is 6.03 Å². The number of hydrogen-bond donors (Lipinski definition) is 3. The van der Waals surface area contributed by atoms with E-state index in [9.17, 15) is 9.59 Å². The number of hydrogen-bond acceptors (Lipinski definition) is 3. The Kier molecular flexibility index (Phi) is 6.47. The predicted molar refractivity (Wildman–Crippen MR) is 53.8 cm³/mol. The summed E-state index contributed by atoms with van der Waals surface area (Å²) in [7, 11) is 3.35. The maximum Gasteiger partial charge on any atom is 0.316 e. The Morgan fingerprint density at radius 2 is 1.86 bits per heavy atom. The predicted octanol–water partition coefficient (Wildman–Crippen LogP) is -1.28. The van der Waals surface area contributed by atoms with Gasteiger partial charge in [0.05, 0.1) is 0 Å². The zero-order chi connectivity index (χ0) is 11.0. The molecule has 0 radical (unpaired) electrons.